The number of rotatable bonds is 4. The number of amides is 1. The molecule has 1 aromatic rings. The minimum atomic E-state index is -0.374. The van der Waals surface area contributed by atoms with E-state index in [9.17, 15) is 4.79 Å². The Morgan fingerprint density at radius 3 is 2.94 bits per heavy atom. The second-order valence-electron chi connectivity index (χ2n) is 4.10. The van der Waals surface area contributed by atoms with E-state index in [0.717, 1.165) is 14.7 Å². The largest absolute Gasteiger partial charge is 0.378 e. The average Bonchev–Trinajstić information content (AvgIpc) is 2.95. The van der Waals surface area contributed by atoms with Crippen molar-refractivity contribution >= 4 is 49.1 Å². The molecule has 100 valence electrons. The van der Waals surface area contributed by atoms with E-state index in [-0.39, 0.29) is 11.5 Å². The molecule has 7 heteroatoms. The molecule has 4 nitrogen and oxygen atoms in total. The van der Waals surface area contributed by atoms with Crippen molar-refractivity contribution in [2.75, 3.05) is 26.9 Å². The first kappa shape index (κ1) is 14.5. The molecule has 1 fully saturated rings. The van der Waals surface area contributed by atoms with Gasteiger partial charge in [-0.25, -0.2) is 0 Å². The molecule has 0 spiro atoms. The molecule has 1 saturated heterocycles. The van der Waals surface area contributed by atoms with Crippen LogP contribution in [0.15, 0.2) is 14.3 Å². The Labute approximate surface area is 126 Å². The summed E-state index contributed by atoms with van der Waals surface area (Å²) in [5, 5.41) is 2.90. The zero-order valence-electron chi connectivity index (χ0n) is 9.79. The Balaban J connectivity index is 1.95. The first-order valence-corrected chi connectivity index (χ1v) is 7.82. The second-order valence-corrected chi connectivity index (χ2v) is 7.33. The van der Waals surface area contributed by atoms with E-state index in [1.165, 1.54) is 11.3 Å². The molecule has 1 unspecified atom stereocenters. The molecule has 1 atom stereocenters. The molecule has 1 N–H and O–H groups in total. The Morgan fingerprint density at radius 1 is 1.67 bits per heavy atom. The fraction of sp³-hybridized carbons (Fsp3) is 0.545. The first-order valence-electron chi connectivity index (χ1n) is 5.42. The molecule has 0 radical (unpaired) electrons. The Kier molecular flexibility index (Phi) is 4.82. The first-order chi connectivity index (χ1) is 8.56. The van der Waals surface area contributed by atoms with Crippen molar-refractivity contribution in [3.05, 3.63) is 19.2 Å². The average molecular weight is 399 g/mol. The van der Waals surface area contributed by atoms with Crippen molar-refractivity contribution in [2.45, 2.75) is 12.0 Å². The van der Waals surface area contributed by atoms with Crippen LogP contribution in [0.2, 0.25) is 0 Å². The van der Waals surface area contributed by atoms with Gasteiger partial charge in [0.2, 0.25) is 0 Å². The summed E-state index contributed by atoms with van der Waals surface area (Å²) in [6, 6.07) is 1.80. The zero-order chi connectivity index (χ0) is 13.2. The van der Waals surface area contributed by atoms with Crippen LogP contribution in [0.25, 0.3) is 0 Å². The Bertz CT molecular complexity index is 424. The van der Waals surface area contributed by atoms with Crippen molar-refractivity contribution in [1.82, 2.24) is 5.32 Å². The monoisotopic (exact) mass is 397 g/mol. The molecule has 1 aliphatic heterocycles. The van der Waals surface area contributed by atoms with Gasteiger partial charge in [-0.15, -0.1) is 11.3 Å². The van der Waals surface area contributed by atoms with Crippen LogP contribution in [0.3, 0.4) is 0 Å². The molecule has 0 aromatic carbocycles. The lowest BCUT2D eigenvalue weighted by atomic mass is 10.0. The molecule has 0 aliphatic carbocycles. The van der Waals surface area contributed by atoms with E-state index >= 15 is 0 Å². The van der Waals surface area contributed by atoms with Gasteiger partial charge in [0.25, 0.3) is 5.91 Å². The molecule has 1 aromatic heterocycles. The summed E-state index contributed by atoms with van der Waals surface area (Å²) in [5.41, 5.74) is -0.374. The maximum Gasteiger partial charge on any atom is 0.261 e. The number of carbonyl (C=O) groups excluding carboxylic acids is 1. The van der Waals surface area contributed by atoms with Gasteiger partial charge in [-0.05, 0) is 37.9 Å². The minimum Gasteiger partial charge on any atom is -0.378 e. The molecule has 1 aliphatic rings. The highest BCUT2D eigenvalue weighted by molar-refractivity contribution is 9.13. The molecule has 2 rings (SSSR count). The van der Waals surface area contributed by atoms with Crippen LogP contribution in [-0.2, 0) is 9.47 Å². The van der Waals surface area contributed by atoms with E-state index < -0.39 is 0 Å². The molecule has 18 heavy (non-hydrogen) atoms. The van der Waals surface area contributed by atoms with Gasteiger partial charge in [-0.3, -0.25) is 4.79 Å². The van der Waals surface area contributed by atoms with Gasteiger partial charge in [0.05, 0.1) is 15.3 Å². The summed E-state index contributed by atoms with van der Waals surface area (Å²) in [4.78, 5) is 12.7. The number of nitrogens with one attached hydrogen (secondary N) is 1. The van der Waals surface area contributed by atoms with E-state index in [2.05, 4.69) is 37.2 Å². The van der Waals surface area contributed by atoms with Crippen molar-refractivity contribution in [2.24, 2.45) is 0 Å². The van der Waals surface area contributed by atoms with Crippen LogP contribution < -0.4 is 5.32 Å². The maximum absolute atomic E-state index is 12.0. The summed E-state index contributed by atoms with van der Waals surface area (Å²) in [7, 11) is 1.65. The van der Waals surface area contributed by atoms with Gasteiger partial charge in [0, 0.05) is 31.2 Å². The summed E-state index contributed by atoms with van der Waals surface area (Å²) < 4.78 is 12.6. The second kappa shape index (κ2) is 6.00. The van der Waals surface area contributed by atoms with E-state index in [1.54, 1.807) is 13.2 Å². The fourth-order valence-electron chi connectivity index (χ4n) is 1.75. The van der Waals surface area contributed by atoms with E-state index in [4.69, 9.17) is 9.47 Å². The van der Waals surface area contributed by atoms with Crippen LogP contribution in [0.5, 0.6) is 0 Å². The molecule has 2 heterocycles. The van der Waals surface area contributed by atoms with Crippen LogP contribution in [0, 0.1) is 0 Å². The van der Waals surface area contributed by atoms with Crippen LogP contribution in [-0.4, -0.2) is 38.4 Å². The molecular formula is C11H13Br2NO3S. The molecule has 0 bridgehead atoms. The lowest BCUT2D eigenvalue weighted by molar-refractivity contribution is -0.0148. The summed E-state index contributed by atoms with van der Waals surface area (Å²) >= 11 is 8.13. The number of carbonyl (C=O) groups is 1. The van der Waals surface area contributed by atoms with Gasteiger partial charge in [-0.2, -0.15) is 0 Å². The Morgan fingerprint density at radius 2 is 2.44 bits per heavy atom. The molecule has 1 amide bonds. The van der Waals surface area contributed by atoms with Crippen molar-refractivity contribution in [1.29, 1.82) is 0 Å². The zero-order valence-corrected chi connectivity index (χ0v) is 13.8. The summed E-state index contributed by atoms with van der Waals surface area (Å²) in [5.74, 6) is -0.0882. The number of hydrogen-bond acceptors (Lipinski definition) is 4. The van der Waals surface area contributed by atoms with Gasteiger partial charge < -0.3 is 14.8 Å². The highest BCUT2D eigenvalue weighted by Gasteiger charge is 2.35. The van der Waals surface area contributed by atoms with E-state index in [0.29, 0.717) is 24.6 Å². The number of halogens is 2. The number of thiophene rings is 1. The van der Waals surface area contributed by atoms with Gasteiger partial charge in [0.15, 0.2) is 0 Å². The fourth-order valence-corrected chi connectivity index (χ4v) is 3.70. The lowest BCUT2D eigenvalue weighted by Gasteiger charge is -2.25. The minimum absolute atomic E-state index is 0.0882. The van der Waals surface area contributed by atoms with Gasteiger partial charge >= 0.3 is 0 Å². The number of hydrogen-bond donors (Lipinski definition) is 1. The van der Waals surface area contributed by atoms with E-state index in [1.807, 2.05) is 0 Å². The van der Waals surface area contributed by atoms with Crippen molar-refractivity contribution < 1.29 is 14.3 Å². The van der Waals surface area contributed by atoms with Crippen LogP contribution >= 0.6 is 43.2 Å². The highest BCUT2D eigenvalue weighted by atomic mass is 79.9. The lowest BCUT2D eigenvalue weighted by Crippen LogP contribution is -2.44. The van der Waals surface area contributed by atoms with Crippen LogP contribution in [0.1, 0.15) is 16.1 Å². The predicted octanol–water partition coefficient (Wildman–Crippen LogP) is 2.81. The van der Waals surface area contributed by atoms with Gasteiger partial charge in [0.1, 0.15) is 5.60 Å². The van der Waals surface area contributed by atoms with Crippen molar-refractivity contribution in [3.8, 4) is 0 Å². The summed E-state index contributed by atoms with van der Waals surface area (Å²) in [6.45, 7) is 1.68. The molecule has 0 saturated carbocycles. The highest BCUT2D eigenvalue weighted by Crippen LogP contribution is 2.32. The third-order valence-corrected chi connectivity index (χ3v) is 6.20. The molecular weight excluding hydrogens is 386 g/mol. The third-order valence-electron chi connectivity index (χ3n) is 2.94. The predicted molar refractivity (Wildman–Crippen MR) is 77.2 cm³/mol. The van der Waals surface area contributed by atoms with Crippen LogP contribution in [0.4, 0.5) is 0 Å². The standard InChI is InChI=1S/C11H13Br2NO3S/c1-16-11(2-3-17-6-11)5-14-10(15)8-4-7(12)9(13)18-8/h4H,2-3,5-6H2,1H3,(H,14,15). The number of methoxy groups -OCH3 is 1. The normalized spacial score (nSPS) is 23.3. The number of ether oxygens (including phenoxy) is 2. The summed E-state index contributed by atoms with van der Waals surface area (Å²) in [6.07, 6.45) is 0.807. The maximum atomic E-state index is 12.0. The smallest absolute Gasteiger partial charge is 0.261 e. The van der Waals surface area contributed by atoms with Gasteiger partial charge in [-0.1, -0.05) is 0 Å². The van der Waals surface area contributed by atoms with Crippen molar-refractivity contribution in [3.63, 3.8) is 0 Å². The Hall–Kier alpha value is 0.0500. The SMILES string of the molecule is COC1(CNC(=O)c2cc(Br)c(Br)s2)CCOC1. The topological polar surface area (TPSA) is 47.6 Å². The third kappa shape index (κ3) is 3.14. The quantitative estimate of drug-likeness (QED) is 0.848.